The molecule has 0 aliphatic rings. The van der Waals surface area contributed by atoms with Crippen LogP contribution in [-0.4, -0.2) is 12.1 Å². The maximum absolute atomic E-state index is 5.58. The van der Waals surface area contributed by atoms with Crippen molar-refractivity contribution in [2.24, 2.45) is 0 Å². The zero-order chi connectivity index (χ0) is 11.1. The molecule has 2 N–H and O–H groups in total. The molecule has 0 radical (unpaired) electrons. The van der Waals surface area contributed by atoms with Crippen molar-refractivity contribution >= 4 is 0 Å². The third kappa shape index (κ3) is 4.67. The molecular weight excluding hydrogens is 200 g/mol. The van der Waals surface area contributed by atoms with E-state index in [4.69, 9.17) is 4.74 Å². The summed E-state index contributed by atoms with van der Waals surface area (Å²) in [5.74, 6) is 1.05. The Morgan fingerprint density at radius 2 is 1.88 bits per heavy atom. The molecule has 0 saturated heterocycles. The van der Waals surface area contributed by atoms with Gasteiger partial charge in [0.15, 0.2) is 0 Å². The molecule has 0 heterocycles. The number of hydrogen-bond donors (Lipinski definition) is 0. The molecule has 1 aromatic carbocycles. The molecular formula is C14H24O2. The third-order valence-electron chi connectivity index (χ3n) is 2.62. The highest BCUT2D eigenvalue weighted by Crippen LogP contribution is 2.20. The molecule has 0 atom stereocenters. The van der Waals surface area contributed by atoms with Crippen LogP contribution in [0.5, 0.6) is 5.75 Å². The second kappa shape index (κ2) is 8.17. The highest BCUT2D eigenvalue weighted by atomic mass is 16.5. The van der Waals surface area contributed by atoms with E-state index >= 15 is 0 Å². The van der Waals surface area contributed by atoms with Gasteiger partial charge in [0.25, 0.3) is 0 Å². The fourth-order valence-corrected chi connectivity index (χ4v) is 1.69. The minimum absolute atomic E-state index is 0. The molecule has 0 spiro atoms. The van der Waals surface area contributed by atoms with Crippen LogP contribution in [0.3, 0.4) is 0 Å². The molecule has 0 aliphatic carbocycles. The number of aryl methyl sites for hydroxylation is 2. The zero-order valence-electron chi connectivity index (χ0n) is 10.7. The van der Waals surface area contributed by atoms with E-state index < -0.39 is 0 Å². The molecule has 16 heavy (non-hydrogen) atoms. The van der Waals surface area contributed by atoms with Gasteiger partial charge >= 0.3 is 0 Å². The summed E-state index contributed by atoms with van der Waals surface area (Å²) in [4.78, 5) is 0. The van der Waals surface area contributed by atoms with Gasteiger partial charge in [-0.05, 0) is 43.9 Å². The van der Waals surface area contributed by atoms with Gasteiger partial charge in [0.2, 0.25) is 0 Å². The van der Waals surface area contributed by atoms with Crippen molar-refractivity contribution in [3.63, 3.8) is 0 Å². The Labute approximate surface area is 98.9 Å². The Balaban J connectivity index is 0.00000225. The molecule has 0 aliphatic heterocycles. The average molecular weight is 224 g/mol. The van der Waals surface area contributed by atoms with Gasteiger partial charge in [-0.1, -0.05) is 31.9 Å². The van der Waals surface area contributed by atoms with E-state index in [1.165, 1.54) is 36.8 Å². The Kier molecular flexibility index (Phi) is 7.65. The first-order chi connectivity index (χ1) is 7.27. The SMILES string of the molecule is CCCCCc1ccc(C)c(OCC)c1.O. The Morgan fingerprint density at radius 1 is 1.12 bits per heavy atom. The molecule has 92 valence electrons. The topological polar surface area (TPSA) is 40.7 Å². The first kappa shape index (κ1) is 15.0. The number of rotatable bonds is 6. The Bertz CT molecular complexity index is 295. The average Bonchev–Trinajstić information content (AvgIpc) is 2.23. The van der Waals surface area contributed by atoms with Gasteiger partial charge in [-0.3, -0.25) is 0 Å². The molecule has 0 saturated carbocycles. The predicted molar refractivity (Wildman–Crippen MR) is 69.2 cm³/mol. The van der Waals surface area contributed by atoms with Gasteiger partial charge in [-0.15, -0.1) is 0 Å². The van der Waals surface area contributed by atoms with E-state index in [0.717, 1.165) is 12.4 Å². The van der Waals surface area contributed by atoms with Crippen LogP contribution in [0.4, 0.5) is 0 Å². The lowest BCUT2D eigenvalue weighted by Crippen LogP contribution is -1.95. The maximum Gasteiger partial charge on any atom is 0.122 e. The fraction of sp³-hybridized carbons (Fsp3) is 0.571. The standard InChI is InChI=1S/C14H22O.H2O/c1-4-6-7-8-13-10-9-12(3)14(11-13)15-5-2;/h9-11H,4-8H2,1-3H3;1H2. The van der Waals surface area contributed by atoms with Gasteiger partial charge in [-0.25, -0.2) is 0 Å². The predicted octanol–water partition coefficient (Wildman–Crippen LogP) is 3.30. The summed E-state index contributed by atoms with van der Waals surface area (Å²) < 4.78 is 5.58. The normalized spacial score (nSPS) is 9.69. The summed E-state index contributed by atoms with van der Waals surface area (Å²) in [5, 5.41) is 0. The van der Waals surface area contributed by atoms with Crippen LogP contribution >= 0.6 is 0 Å². The Morgan fingerprint density at radius 3 is 2.50 bits per heavy atom. The number of benzene rings is 1. The first-order valence-electron chi connectivity index (χ1n) is 6.00. The summed E-state index contributed by atoms with van der Waals surface area (Å²) in [6, 6.07) is 6.56. The van der Waals surface area contributed by atoms with Crippen LogP contribution in [0.25, 0.3) is 0 Å². The van der Waals surface area contributed by atoms with Crippen LogP contribution in [0.2, 0.25) is 0 Å². The summed E-state index contributed by atoms with van der Waals surface area (Å²) >= 11 is 0. The van der Waals surface area contributed by atoms with Crippen LogP contribution in [0.1, 0.15) is 44.2 Å². The molecule has 1 rings (SSSR count). The van der Waals surface area contributed by atoms with E-state index in [1.54, 1.807) is 0 Å². The lowest BCUT2D eigenvalue weighted by molar-refractivity contribution is 0.337. The van der Waals surface area contributed by atoms with E-state index in [1.807, 2.05) is 6.92 Å². The monoisotopic (exact) mass is 224 g/mol. The second-order valence-electron chi connectivity index (χ2n) is 3.99. The molecule has 0 bridgehead atoms. The van der Waals surface area contributed by atoms with Crippen molar-refractivity contribution < 1.29 is 10.2 Å². The second-order valence-corrected chi connectivity index (χ2v) is 3.99. The van der Waals surface area contributed by atoms with Crippen molar-refractivity contribution in [3.05, 3.63) is 29.3 Å². The van der Waals surface area contributed by atoms with Gasteiger partial charge in [0.05, 0.1) is 6.61 Å². The highest BCUT2D eigenvalue weighted by Gasteiger charge is 2.00. The van der Waals surface area contributed by atoms with Crippen LogP contribution in [0, 0.1) is 6.92 Å². The minimum atomic E-state index is 0. The minimum Gasteiger partial charge on any atom is -0.494 e. The van der Waals surface area contributed by atoms with Crippen molar-refractivity contribution in [1.29, 1.82) is 0 Å². The van der Waals surface area contributed by atoms with Gasteiger partial charge < -0.3 is 10.2 Å². The highest BCUT2D eigenvalue weighted by molar-refractivity contribution is 5.36. The zero-order valence-corrected chi connectivity index (χ0v) is 10.7. The van der Waals surface area contributed by atoms with E-state index in [9.17, 15) is 0 Å². The first-order valence-corrected chi connectivity index (χ1v) is 6.00. The lowest BCUT2D eigenvalue weighted by Gasteiger charge is -2.09. The van der Waals surface area contributed by atoms with Gasteiger partial charge in [0, 0.05) is 0 Å². The molecule has 0 amide bonds. The van der Waals surface area contributed by atoms with Crippen LogP contribution in [-0.2, 0) is 6.42 Å². The molecule has 0 aromatic heterocycles. The number of unbranched alkanes of at least 4 members (excludes halogenated alkanes) is 2. The molecule has 1 aromatic rings. The maximum atomic E-state index is 5.58. The summed E-state index contributed by atoms with van der Waals surface area (Å²) in [6.45, 7) is 7.12. The van der Waals surface area contributed by atoms with E-state index in [0.29, 0.717) is 0 Å². The number of hydrogen-bond acceptors (Lipinski definition) is 1. The molecule has 0 unspecified atom stereocenters. The fourth-order valence-electron chi connectivity index (χ4n) is 1.69. The molecule has 2 heteroatoms. The summed E-state index contributed by atoms with van der Waals surface area (Å²) in [5.41, 5.74) is 2.63. The van der Waals surface area contributed by atoms with E-state index in [2.05, 4.69) is 32.0 Å². The van der Waals surface area contributed by atoms with Crippen molar-refractivity contribution in [2.75, 3.05) is 6.61 Å². The van der Waals surface area contributed by atoms with Gasteiger partial charge in [-0.2, -0.15) is 0 Å². The lowest BCUT2D eigenvalue weighted by atomic mass is 10.1. The number of ether oxygens (including phenoxy) is 1. The smallest absolute Gasteiger partial charge is 0.122 e. The summed E-state index contributed by atoms with van der Waals surface area (Å²) in [6.07, 6.45) is 5.06. The molecule has 0 fully saturated rings. The quantitative estimate of drug-likeness (QED) is 0.683. The van der Waals surface area contributed by atoms with Crippen molar-refractivity contribution in [3.8, 4) is 5.75 Å². The largest absolute Gasteiger partial charge is 0.494 e. The van der Waals surface area contributed by atoms with Crippen LogP contribution in [0.15, 0.2) is 18.2 Å². The Hall–Kier alpha value is -1.02. The van der Waals surface area contributed by atoms with Crippen LogP contribution < -0.4 is 4.74 Å². The van der Waals surface area contributed by atoms with E-state index in [-0.39, 0.29) is 5.48 Å². The third-order valence-corrected chi connectivity index (χ3v) is 2.62. The van der Waals surface area contributed by atoms with Crippen molar-refractivity contribution in [1.82, 2.24) is 0 Å². The molecule has 2 nitrogen and oxygen atoms in total. The summed E-state index contributed by atoms with van der Waals surface area (Å²) in [7, 11) is 0. The van der Waals surface area contributed by atoms with Gasteiger partial charge in [0.1, 0.15) is 5.75 Å². The van der Waals surface area contributed by atoms with Crippen molar-refractivity contribution in [2.45, 2.75) is 46.5 Å².